The molecule has 1 aliphatic rings. The van der Waals surface area contributed by atoms with Gasteiger partial charge in [0, 0.05) is 17.8 Å². The zero-order valence-electron chi connectivity index (χ0n) is 11.3. The summed E-state index contributed by atoms with van der Waals surface area (Å²) < 4.78 is 0. The lowest BCUT2D eigenvalue weighted by Crippen LogP contribution is -2.38. The van der Waals surface area contributed by atoms with Crippen molar-refractivity contribution in [2.24, 2.45) is 0 Å². The van der Waals surface area contributed by atoms with E-state index in [1.54, 1.807) is 0 Å². The molecule has 0 unspecified atom stereocenters. The Morgan fingerprint density at radius 1 is 1.57 bits per heavy atom. The van der Waals surface area contributed by atoms with Gasteiger partial charge in [0.2, 0.25) is 5.91 Å². The van der Waals surface area contributed by atoms with Crippen molar-refractivity contribution in [1.82, 2.24) is 4.90 Å². The first kappa shape index (κ1) is 15.7. The van der Waals surface area contributed by atoms with Gasteiger partial charge in [0.15, 0.2) is 0 Å². The number of likely N-dealkylation sites (tertiary alicyclic amines) is 1. The minimum atomic E-state index is -0.597. The van der Waals surface area contributed by atoms with Crippen LogP contribution in [0.2, 0.25) is 5.02 Å². The number of nitro benzene ring substituents is 1. The van der Waals surface area contributed by atoms with Gasteiger partial charge in [-0.1, -0.05) is 11.6 Å². The summed E-state index contributed by atoms with van der Waals surface area (Å²) in [4.78, 5) is 24.1. The highest BCUT2D eigenvalue weighted by Crippen LogP contribution is 2.27. The van der Waals surface area contributed by atoms with Crippen LogP contribution in [0.3, 0.4) is 0 Å². The number of rotatable bonds is 5. The van der Waals surface area contributed by atoms with Crippen molar-refractivity contribution < 1.29 is 14.8 Å². The first-order chi connectivity index (χ1) is 10.0. The molecule has 8 heteroatoms. The Morgan fingerprint density at radius 2 is 2.33 bits per heavy atom. The number of amides is 1. The topological polar surface area (TPSA) is 95.7 Å². The Bertz CT molecular complexity index is 552. The minimum Gasteiger partial charge on any atom is -0.395 e. The van der Waals surface area contributed by atoms with Gasteiger partial charge < -0.3 is 10.4 Å². The molecular formula is C13H16ClN3O4. The number of nitrogens with zero attached hydrogens (tertiary/aromatic N) is 2. The van der Waals surface area contributed by atoms with Crippen molar-refractivity contribution in [2.75, 3.05) is 25.0 Å². The number of anilines is 1. The quantitative estimate of drug-likeness (QED) is 0.636. The van der Waals surface area contributed by atoms with Crippen LogP contribution in [-0.2, 0) is 4.79 Å². The molecule has 0 aromatic heterocycles. The van der Waals surface area contributed by atoms with E-state index < -0.39 is 4.92 Å². The standard InChI is InChI=1S/C13H16ClN3O4/c14-11-4-3-9(6-12(11)17(20)21)15-13(19)7-16-5-1-2-10(16)8-18/h3-4,6,10,18H,1-2,5,7-8H2,(H,15,19)/t10-/m1/s1. The van der Waals surface area contributed by atoms with Gasteiger partial charge in [0.25, 0.3) is 5.69 Å². The fraction of sp³-hybridized carbons (Fsp3) is 0.462. The summed E-state index contributed by atoms with van der Waals surface area (Å²) in [5.74, 6) is -0.271. The Hall–Kier alpha value is -1.70. The van der Waals surface area contributed by atoms with Crippen LogP contribution in [0.15, 0.2) is 18.2 Å². The third kappa shape index (κ3) is 3.90. The molecule has 0 bridgehead atoms. The van der Waals surface area contributed by atoms with Gasteiger partial charge >= 0.3 is 0 Å². The predicted octanol–water partition coefficient (Wildman–Crippen LogP) is 1.64. The summed E-state index contributed by atoms with van der Waals surface area (Å²) in [6.07, 6.45) is 1.82. The number of hydrogen-bond donors (Lipinski definition) is 2. The number of nitro groups is 1. The smallest absolute Gasteiger partial charge is 0.289 e. The van der Waals surface area contributed by atoms with Crippen molar-refractivity contribution in [1.29, 1.82) is 0 Å². The lowest BCUT2D eigenvalue weighted by Gasteiger charge is -2.21. The molecule has 0 spiro atoms. The van der Waals surface area contributed by atoms with Crippen LogP contribution >= 0.6 is 11.6 Å². The van der Waals surface area contributed by atoms with Gasteiger partial charge in [-0.2, -0.15) is 0 Å². The summed E-state index contributed by atoms with van der Waals surface area (Å²) in [6, 6.07) is 4.13. The molecule has 1 aromatic carbocycles. The molecular weight excluding hydrogens is 298 g/mol. The van der Waals surface area contributed by atoms with Crippen LogP contribution in [0.1, 0.15) is 12.8 Å². The molecule has 114 valence electrons. The molecule has 1 saturated heterocycles. The van der Waals surface area contributed by atoms with E-state index in [0.29, 0.717) is 5.69 Å². The maximum atomic E-state index is 12.0. The fourth-order valence-electron chi connectivity index (χ4n) is 2.43. The molecule has 7 nitrogen and oxygen atoms in total. The Labute approximate surface area is 126 Å². The number of hydrogen-bond acceptors (Lipinski definition) is 5. The molecule has 0 saturated carbocycles. The van der Waals surface area contributed by atoms with Crippen LogP contribution in [0.4, 0.5) is 11.4 Å². The number of benzene rings is 1. The second-order valence-corrected chi connectivity index (χ2v) is 5.33. The molecule has 1 amide bonds. The zero-order chi connectivity index (χ0) is 15.4. The Morgan fingerprint density at radius 3 is 3.00 bits per heavy atom. The summed E-state index contributed by atoms with van der Waals surface area (Å²) >= 11 is 5.71. The van der Waals surface area contributed by atoms with Crippen molar-refractivity contribution >= 4 is 28.9 Å². The van der Waals surface area contributed by atoms with Gasteiger partial charge in [-0.15, -0.1) is 0 Å². The van der Waals surface area contributed by atoms with E-state index in [1.807, 2.05) is 4.90 Å². The lowest BCUT2D eigenvalue weighted by atomic mass is 10.2. The molecule has 1 heterocycles. The van der Waals surface area contributed by atoms with E-state index >= 15 is 0 Å². The zero-order valence-corrected chi connectivity index (χ0v) is 12.0. The van der Waals surface area contributed by atoms with E-state index in [1.165, 1.54) is 18.2 Å². The average Bonchev–Trinajstić information content (AvgIpc) is 2.87. The molecule has 1 fully saturated rings. The van der Waals surface area contributed by atoms with Crippen molar-refractivity contribution in [3.8, 4) is 0 Å². The SMILES string of the molecule is O=C(CN1CCC[C@@H]1CO)Nc1ccc(Cl)c([N+](=O)[O-])c1. The average molecular weight is 314 g/mol. The summed E-state index contributed by atoms with van der Waals surface area (Å²) in [6.45, 7) is 0.945. The molecule has 1 aromatic rings. The first-order valence-corrected chi connectivity index (χ1v) is 6.97. The van der Waals surface area contributed by atoms with Crippen LogP contribution in [0.5, 0.6) is 0 Å². The predicted molar refractivity (Wildman–Crippen MR) is 78.4 cm³/mol. The maximum absolute atomic E-state index is 12.0. The van der Waals surface area contributed by atoms with E-state index in [2.05, 4.69) is 5.32 Å². The number of halogens is 1. The lowest BCUT2D eigenvalue weighted by molar-refractivity contribution is -0.384. The van der Waals surface area contributed by atoms with E-state index in [-0.39, 0.29) is 35.8 Å². The fourth-order valence-corrected chi connectivity index (χ4v) is 2.61. The highest BCUT2D eigenvalue weighted by Gasteiger charge is 2.25. The second-order valence-electron chi connectivity index (χ2n) is 4.92. The van der Waals surface area contributed by atoms with Gasteiger partial charge in [0.1, 0.15) is 5.02 Å². The molecule has 1 atom stereocenters. The van der Waals surface area contributed by atoms with Crippen molar-refractivity contribution in [3.05, 3.63) is 33.3 Å². The summed E-state index contributed by atoms with van der Waals surface area (Å²) in [5, 5.41) is 22.6. The number of carbonyl (C=O) groups is 1. The van der Waals surface area contributed by atoms with Crippen molar-refractivity contribution in [2.45, 2.75) is 18.9 Å². The largest absolute Gasteiger partial charge is 0.395 e. The van der Waals surface area contributed by atoms with Crippen LogP contribution < -0.4 is 5.32 Å². The van der Waals surface area contributed by atoms with Gasteiger partial charge in [-0.05, 0) is 31.5 Å². The number of aliphatic hydroxyl groups is 1. The number of nitrogens with one attached hydrogen (secondary N) is 1. The third-order valence-electron chi connectivity index (χ3n) is 3.48. The molecule has 0 aliphatic carbocycles. The monoisotopic (exact) mass is 313 g/mol. The first-order valence-electron chi connectivity index (χ1n) is 6.60. The maximum Gasteiger partial charge on any atom is 0.289 e. The molecule has 1 aliphatic heterocycles. The highest BCUT2D eigenvalue weighted by atomic mass is 35.5. The normalized spacial score (nSPS) is 18.7. The van der Waals surface area contributed by atoms with Gasteiger partial charge in [-0.3, -0.25) is 19.8 Å². The van der Waals surface area contributed by atoms with E-state index in [9.17, 15) is 20.0 Å². The highest BCUT2D eigenvalue weighted by molar-refractivity contribution is 6.32. The molecule has 2 rings (SSSR count). The summed E-state index contributed by atoms with van der Waals surface area (Å²) in [5.41, 5.74) is 0.0831. The van der Waals surface area contributed by atoms with Crippen LogP contribution in [0, 0.1) is 10.1 Å². The number of carbonyl (C=O) groups excluding carboxylic acids is 1. The molecule has 2 N–H and O–H groups in total. The van der Waals surface area contributed by atoms with Crippen LogP contribution in [0.25, 0.3) is 0 Å². The number of aliphatic hydroxyl groups excluding tert-OH is 1. The second kappa shape index (κ2) is 6.84. The third-order valence-corrected chi connectivity index (χ3v) is 3.80. The van der Waals surface area contributed by atoms with Crippen LogP contribution in [-0.4, -0.2) is 46.6 Å². The molecule has 0 radical (unpaired) electrons. The molecule has 21 heavy (non-hydrogen) atoms. The van der Waals surface area contributed by atoms with Crippen molar-refractivity contribution in [3.63, 3.8) is 0 Å². The summed E-state index contributed by atoms with van der Waals surface area (Å²) in [7, 11) is 0. The van der Waals surface area contributed by atoms with E-state index in [4.69, 9.17) is 11.6 Å². The van der Waals surface area contributed by atoms with Gasteiger partial charge in [0.05, 0.1) is 18.1 Å². The minimum absolute atomic E-state index is 0.00954. The van der Waals surface area contributed by atoms with E-state index in [0.717, 1.165) is 19.4 Å². The Balaban J connectivity index is 1.99. The Kier molecular flexibility index (Phi) is 5.11. The van der Waals surface area contributed by atoms with Gasteiger partial charge in [-0.25, -0.2) is 0 Å².